The van der Waals surface area contributed by atoms with E-state index in [9.17, 15) is 9.18 Å². The zero-order valence-electron chi connectivity index (χ0n) is 14.6. The second kappa shape index (κ2) is 6.96. The van der Waals surface area contributed by atoms with Crippen LogP contribution < -0.4 is 0 Å². The number of amides is 1. The third kappa shape index (κ3) is 3.12. The van der Waals surface area contributed by atoms with E-state index in [-0.39, 0.29) is 24.2 Å². The number of hydrogen-bond acceptors (Lipinski definition) is 3. The summed E-state index contributed by atoms with van der Waals surface area (Å²) in [6.07, 6.45) is 2.79. The number of carbonyl (C=O) groups excluding carboxylic acids is 1. The molecule has 0 saturated carbocycles. The van der Waals surface area contributed by atoms with Crippen molar-refractivity contribution in [2.75, 3.05) is 19.8 Å². The summed E-state index contributed by atoms with van der Waals surface area (Å²) in [4.78, 5) is 17.9. The number of H-pyrrole nitrogens is 1. The van der Waals surface area contributed by atoms with Crippen molar-refractivity contribution in [3.63, 3.8) is 0 Å². The van der Waals surface area contributed by atoms with Crippen molar-refractivity contribution in [1.29, 1.82) is 0 Å². The molecule has 136 valence electrons. The first-order valence-electron chi connectivity index (χ1n) is 8.87. The van der Waals surface area contributed by atoms with Crippen molar-refractivity contribution in [2.45, 2.75) is 25.8 Å². The lowest BCUT2D eigenvalue weighted by atomic mass is 10.1. The van der Waals surface area contributed by atoms with E-state index in [1.807, 2.05) is 19.1 Å². The van der Waals surface area contributed by atoms with Gasteiger partial charge in [-0.2, -0.15) is 0 Å². The summed E-state index contributed by atoms with van der Waals surface area (Å²) >= 11 is 0. The highest BCUT2D eigenvalue weighted by atomic mass is 19.1. The molecule has 4 rings (SSSR count). The van der Waals surface area contributed by atoms with Crippen LogP contribution in [0.3, 0.4) is 0 Å². The minimum Gasteiger partial charge on any atom is -0.464 e. The van der Waals surface area contributed by atoms with Gasteiger partial charge in [0.25, 0.3) is 0 Å². The summed E-state index contributed by atoms with van der Waals surface area (Å²) < 4.78 is 25.0. The van der Waals surface area contributed by atoms with Gasteiger partial charge in [0.1, 0.15) is 23.4 Å². The van der Waals surface area contributed by atoms with Crippen LogP contribution in [0.2, 0.25) is 0 Å². The second-order valence-corrected chi connectivity index (χ2v) is 6.52. The minimum atomic E-state index is -0.308. The molecule has 5 nitrogen and oxygen atoms in total. The van der Waals surface area contributed by atoms with Gasteiger partial charge in [0.15, 0.2) is 0 Å². The number of fused-ring (bicyclic) bond motifs is 1. The number of aryl methyl sites for hydroxylation is 1. The Morgan fingerprint density at radius 3 is 3.04 bits per heavy atom. The Morgan fingerprint density at radius 2 is 2.23 bits per heavy atom. The lowest BCUT2D eigenvalue weighted by molar-refractivity contribution is -0.140. The molecule has 2 aromatic heterocycles. The molecule has 1 unspecified atom stereocenters. The first kappa shape index (κ1) is 16.8. The van der Waals surface area contributed by atoms with Crippen LogP contribution in [0.15, 0.2) is 40.9 Å². The third-order valence-electron chi connectivity index (χ3n) is 4.88. The smallest absolute Gasteiger partial charge is 0.227 e. The number of furan rings is 1. The summed E-state index contributed by atoms with van der Waals surface area (Å²) in [5.74, 6) is 1.32. The van der Waals surface area contributed by atoms with Crippen molar-refractivity contribution >= 4 is 16.8 Å². The Balaban J connectivity index is 1.57. The molecule has 1 aromatic carbocycles. The van der Waals surface area contributed by atoms with E-state index in [2.05, 4.69) is 4.98 Å². The highest BCUT2D eigenvalue weighted by molar-refractivity contribution is 5.89. The number of aromatic nitrogens is 1. The number of nitrogens with zero attached hydrogens (tertiary/aromatic N) is 1. The molecule has 0 radical (unpaired) electrons. The van der Waals surface area contributed by atoms with Crippen LogP contribution in [-0.2, 0) is 22.4 Å². The van der Waals surface area contributed by atoms with Crippen LogP contribution in [-0.4, -0.2) is 35.5 Å². The topological polar surface area (TPSA) is 58.5 Å². The van der Waals surface area contributed by atoms with Gasteiger partial charge in [-0.15, -0.1) is 0 Å². The molecule has 0 spiro atoms. The molecule has 0 bridgehead atoms. The van der Waals surface area contributed by atoms with Crippen molar-refractivity contribution in [3.8, 4) is 0 Å². The van der Waals surface area contributed by atoms with E-state index in [4.69, 9.17) is 9.15 Å². The molecule has 0 aliphatic carbocycles. The third-order valence-corrected chi connectivity index (χ3v) is 4.88. The van der Waals surface area contributed by atoms with Crippen LogP contribution in [0.25, 0.3) is 10.9 Å². The summed E-state index contributed by atoms with van der Waals surface area (Å²) in [5.41, 5.74) is 1.62. The fourth-order valence-electron chi connectivity index (χ4n) is 3.46. The monoisotopic (exact) mass is 356 g/mol. The summed E-state index contributed by atoms with van der Waals surface area (Å²) in [6.45, 7) is 3.47. The standard InChI is InChI=1S/C20H21FN2O3/c1-2-15-4-6-19(26-15)18-12-25-8-7-23(18)20(24)9-13-11-22-17-5-3-14(21)10-16(13)17/h3-6,10-11,18,22H,2,7-9,12H2,1H3. The maximum atomic E-state index is 13.6. The number of ether oxygens (including phenoxy) is 1. The lowest BCUT2D eigenvalue weighted by Crippen LogP contribution is -2.44. The van der Waals surface area contributed by atoms with Gasteiger partial charge < -0.3 is 19.0 Å². The average molecular weight is 356 g/mol. The average Bonchev–Trinajstić information content (AvgIpc) is 3.29. The minimum absolute atomic E-state index is 0.0158. The highest BCUT2D eigenvalue weighted by Gasteiger charge is 2.31. The quantitative estimate of drug-likeness (QED) is 0.777. The molecule has 3 aromatic rings. The van der Waals surface area contributed by atoms with Crippen LogP contribution in [0.4, 0.5) is 4.39 Å². The summed E-state index contributed by atoms with van der Waals surface area (Å²) in [5, 5.41) is 0.745. The maximum Gasteiger partial charge on any atom is 0.227 e. The molecule has 1 atom stereocenters. The molecule has 6 heteroatoms. The Labute approximate surface area is 150 Å². The molecule has 1 fully saturated rings. The van der Waals surface area contributed by atoms with Gasteiger partial charge in [0.2, 0.25) is 5.91 Å². The fourth-order valence-corrected chi connectivity index (χ4v) is 3.46. The SMILES string of the molecule is CCc1ccc(C2COCCN2C(=O)Cc2c[nH]c3ccc(F)cc23)o1. The Hall–Kier alpha value is -2.60. The second-order valence-electron chi connectivity index (χ2n) is 6.52. The van der Waals surface area contributed by atoms with Gasteiger partial charge in [-0.25, -0.2) is 4.39 Å². The highest BCUT2D eigenvalue weighted by Crippen LogP contribution is 2.28. The predicted molar refractivity (Wildman–Crippen MR) is 95.3 cm³/mol. The number of benzene rings is 1. The van der Waals surface area contributed by atoms with Gasteiger partial charge in [-0.05, 0) is 35.9 Å². The zero-order valence-corrected chi connectivity index (χ0v) is 14.6. The van der Waals surface area contributed by atoms with E-state index >= 15 is 0 Å². The van der Waals surface area contributed by atoms with Crippen molar-refractivity contribution in [3.05, 3.63) is 59.4 Å². The Bertz CT molecular complexity index is 930. The van der Waals surface area contributed by atoms with Crippen LogP contribution in [0, 0.1) is 5.82 Å². The van der Waals surface area contributed by atoms with E-state index in [1.165, 1.54) is 12.1 Å². The van der Waals surface area contributed by atoms with Gasteiger partial charge in [-0.1, -0.05) is 6.92 Å². The number of morpholine rings is 1. The molecule has 1 aliphatic heterocycles. The molecule has 3 heterocycles. The van der Waals surface area contributed by atoms with E-state index in [0.717, 1.165) is 34.4 Å². The summed E-state index contributed by atoms with van der Waals surface area (Å²) in [6, 6.07) is 8.19. The van der Waals surface area contributed by atoms with E-state index < -0.39 is 0 Å². The van der Waals surface area contributed by atoms with Crippen LogP contribution in [0.1, 0.15) is 30.0 Å². The Morgan fingerprint density at radius 1 is 1.35 bits per heavy atom. The van der Waals surface area contributed by atoms with Crippen LogP contribution in [0.5, 0.6) is 0 Å². The normalized spacial score (nSPS) is 17.8. The molecule has 1 N–H and O–H groups in total. The molecular formula is C20H21FN2O3. The first-order valence-corrected chi connectivity index (χ1v) is 8.87. The summed E-state index contributed by atoms with van der Waals surface area (Å²) in [7, 11) is 0. The predicted octanol–water partition coefficient (Wildman–Crippen LogP) is 3.61. The number of aromatic amines is 1. The Kier molecular flexibility index (Phi) is 4.51. The number of halogens is 1. The fraction of sp³-hybridized carbons (Fsp3) is 0.350. The van der Waals surface area contributed by atoms with E-state index in [1.54, 1.807) is 17.2 Å². The number of rotatable bonds is 4. The maximum absolute atomic E-state index is 13.6. The van der Waals surface area contributed by atoms with E-state index in [0.29, 0.717) is 19.8 Å². The van der Waals surface area contributed by atoms with Crippen molar-refractivity contribution in [1.82, 2.24) is 9.88 Å². The molecule has 26 heavy (non-hydrogen) atoms. The van der Waals surface area contributed by atoms with Gasteiger partial charge >= 0.3 is 0 Å². The molecule has 1 saturated heterocycles. The number of carbonyl (C=O) groups is 1. The number of hydrogen-bond donors (Lipinski definition) is 1. The van der Waals surface area contributed by atoms with Gasteiger partial charge in [-0.3, -0.25) is 4.79 Å². The molecule has 1 amide bonds. The van der Waals surface area contributed by atoms with Crippen molar-refractivity contribution in [2.24, 2.45) is 0 Å². The lowest BCUT2D eigenvalue weighted by Gasteiger charge is -2.34. The molecular weight excluding hydrogens is 335 g/mol. The zero-order chi connectivity index (χ0) is 18.1. The first-order chi connectivity index (χ1) is 12.7. The van der Waals surface area contributed by atoms with Crippen molar-refractivity contribution < 1.29 is 18.3 Å². The number of nitrogens with one attached hydrogen (secondary N) is 1. The van der Waals surface area contributed by atoms with Gasteiger partial charge in [0.05, 0.1) is 19.6 Å². The molecule has 1 aliphatic rings. The largest absolute Gasteiger partial charge is 0.464 e. The van der Waals surface area contributed by atoms with Crippen LogP contribution >= 0.6 is 0 Å². The van der Waals surface area contributed by atoms with Gasteiger partial charge in [0, 0.05) is 30.1 Å².